The maximum atomic E-state index is 10.9. The number of ether oxygens (including phenoxy) is 1. The molecule has 2 aliphatic rings. The van der Waals surface area contributed by atoms with Gasteiger partial charge in [0.05, 0.1) is 11.1 Å². The van der Waals surface area contributed by atoms with Crippen LogP contribution < -0.4 is 10.1 Å². The van der Waals surface area contributed by atoms with Crippen LogP contribution in [-0.2, 0) is 11.2 Å². The molecule has 1 heterocycles. The Kier molecular flexibility index (Phi) is 5.21. The van der Waals surface area contributed by atoms with Crippen LogP contribution in [0.3, 0.4) is 0 Å². The Morgan fingerprint density at radius 2 is 2.14 bits per heavy atom. The van der Waals surface area contributed by atoms with Crippen LogP contribution in [-0.4, -0.2) is 43.1 Å². The van der Waals surface area contributed by atoms with E-state index in [2.05, 4.69) is 10.2 Å². The van der Waals surface area contributed by atoms with Crippen molar-refractivity contribution in [1.29, 1.82) is 0 Å². The lowest BCUT2D eigenvalue weighted by molar-refractivity contribution is -0.110. The average molecular weight is 323 g/mol. The standard InChI is InChI=1S/C17H23ClN2O2/c18-16-10-13(3-6-17(16)22-15-4-5-15)9-14(19-12-21)11-20-7-1-2-8-20/h3,6,10,12,14-15H,1-2,4-5,7-9,11H2,(H,19,21). The Morgan fingerprint density at radius 3 is 2.77 bits per heavy atom. The molecule has 2 fully saturated rings. The molecule has 1 saturated carbocycles. The van der Waals surface area contributed by atoms with Crippen LogP contribution in [0.4, 0.5) is 0 Å². The van der Waals surface area contributed by atoms with E-state index in [4.69, 9.17) is 16.3 Å². The number of likely N-dealkylation sites (tertiary alicyclic amines) is 1. The topological polar surface area (TPSA) is 41.6 Å². The van der Waals surface area contributed by atoms with Crippen LogP contribution in [0.2, 0.25) is 5.02 Å². The van der Waals surface area contributed by atoms with Crippen LogP contribution in [0.25, 0.3) is 0 Å². The first-order valence-corrected chi connectivity index (χ1v) is 8.49. The van der Waals surface area contributed by atoms with Crippen molar-refractivity contribution >= 4 is 18.0 Å². The van der Waals surface area contributed by atoms with Gasteiger partial charge in [-0.25, -0.2) is 0 Å². The third-order valence-corrected chi connectivity index (χ3v) is 4.57. The fourth-order valence-electron chi connectivity index (χ4n) is 2.97. The highest BCUT2D eigenvalue weighted by Gasteiger charge is 2.24. The molecule has 0 spiro atoms. The van der Waals surface area contributed by atoms with Gasteiger partial charge in [-0.15, -0.1) is 0 Å². The quantitative estimate of drug-likeness (QED) is 0.748. The molecular weight excluding hydrogens is 300 g/mol. The molecule has 1 saturated heterocycles. The van der Waals surface area contributed by atoms with Gasteiger partial charge in [0.15, 0.2) is 0 Å². The number of hydrogen-bond donors (Lipinski definition) is 1. The second-order valence-electron chi connectivity index (χ2n) is 6.28. The normalized spacial score (nSPS) is 19.9. The van der Waals surface area contributed by atoms with E-state index in [1.807, 2.05) is 18.2 Å². The Morgan fingerprint density at radius 1 is 1.36 bits per heavy atom. The van der Waals surface area contributed by atoms with E-state index >= 15 is 0 Å². The highest BCUT2D eigenvalue weighted by Crippen LogP contribution is 2.32. The van der Waals surface area contributed by atoms with E-state index in [-0.39, 0.29) is 6.04 Å². The van der Waals surface area contributed by atoms with Crippen molar-refractivity contribution in [2.45, 2.75) is 44.2 Å². The summed E-state index contributed by atoms with van der Waals surface area (Å²) in [4.78, 5) is 13.3. The van der Waals surface area contributed by atoms with Crippen molar-refractivity contribution < 1.29 is 9.53 Å². The largest absolute Gasteiger partial charge is 0.489 e. The number of amides is 1. The van der Waals surface area contributed by atoms with Gasteiger partial charge < -0.3 is 15.0 Å². The van der Waals surface area contributed by atoms with Gasteiger partial charge in [0, 0.05) is 12.6 Å². The lowest BCUT2D eigenvalue weighted by atomic mass is 10.1. The van der Waals surface area contributed by atoms with Gasteiger partial charge in [0.2, 0.25) is 6.41 Å². The number of nitrogens with zero attached hydrogens (tertiary/aromatic N) is 1. The first-order valence-electron chi connectivity index (χ1n) is 8.12. The van der Waals surface area contributed by atoms with Crippen LogP contribution >= 0.6 is 11.6 Å². The Hall–Kier alpha value is -1.26. The predicted octanol–water partition coefficient (Wildman–Crippen LogP) is 2.63. The summed E-state index contributed by atoms with van der Waals surface area (Å²) in [6.07, 6.45) is 6.70. The molecule has 0 radical (unpaired) electrons. The van der Waals surface area contributed by atoms with Gasteiger partial charge in [-0.1, -0.05) is 17.7 Å². The van der Waals surface area contributed by atoms with E-state index in [9.17, 15) is 4.79 Å². The number of carbonyl (C=O) groups is 1. The zero-order valence-corrected chi connectivity index (χ0v) is 13.5. The Labute approximate surface area is 136 Å². The van der Waals surface area contributed by atoms with Crippen LogP contribution in [0.15, 0.2) is 18.2 Å². The number of nitrogens with one attached hydrogen (secondary N) is 1. The van der Waals surface area contributed by atoms with Gasteiger partial charge in [0.1, 0.15) is 5.75 Å². The fraction of sp³-hybridized carbons (Fsp3) is 0.588. The summed E-state index contributed by atoms with van der Waals surface area (Å²) in [5.74, 6) is 0.771. The summed E-state index contributed by atoms with van der Waals surface area (Å²) >= 11 is 6.31. The molecule has 1 unspecified atom stereocenters. The van der Waals surface area contributed by atoms with Crippen molar-refractivity contribution in [3.63, 3.8) is 0 Å². The maximum Gasteiger partial charge on any atom is 0.207 e. The summed E-state index contributed by atoms with van der Waals surface area (Å²) in [6, 6.07) is 6.08. The summed E-state index contributed by atoms with van der Waals surface area (Å²) in [6.45, 7) is 3.16. The number of hydrogen-bond acceptors (Lipinski definition) is 3. The summed E-state index contributed by atoms with van der Waals surface area (Å²) in [5.41, 5.74) is 1.13. The second-order valence-corrected chi connectivity index (χ2v) is 6.68. The third kappa shape index (κ3) is 4.37. The zero-order chi connectivity index (χ0) is 15.4. The van der Waals surface area contributed by atoms with Crippen LogP contribution in [0.1, 0.15) is 31.2 Å². The zero-order valence-electron chi connectivity index (χ0n) is 12.8. The molecule has 1 aliphatic heterocycles. The second kappa shape index (κ2) is 7.34. The van der Waals surface area contributed by atoms with Crippen molar-refractivity contribution in [2.75, 3.05) is 19.6 Å². The minimum absolute atomic E-state index is 0.127. The first-order chi connectivity index (χ1) is 10.7. The molecule has 0 aromatic heterocycles. The monoisotopic (exact) mass is 322 g/mol. The molecule has 120 valence electrons. The van der Waals surface area contributed by atoms with Gasteiger partial charge in [-0.2, -0.15) is 0 Å². The summed E-state index contributed by atoms with van der Waals surface area (Å²) in [5, 5.41) is 3.60. The lowest BCUT2D eigenvalue weighted by Gasteiger charge is -2.23. The predicted molar refractivity (Wildman–Crippen MR) is 87.5 cm³/mol. The molecule has 0 bridgehead atoms. The minimum Gasteiger partial charge on any atom is -0.489 e. The molecule has 1 aliphatic carbocycles. The summed E-state index contributed by atoms with van der Waals surface area (Å²) in [7, 11) is 0. The molecule has 1 aromatic carbocycles. The lowest BCUT2D eigenvalue weighted by Crippen LogP contribution is -2.40. The SMILES string of the molecule is O=CNC(Cc1ccc(OC2CC2)c(Cl)c1)CN1CCCC1. The molecule has 1 amide bonds. The first kappa shape index (κ1) is 15.6. The van der Waals surface area contributed by atoms with Gasteiger partial charge >= 0.3 is 0 Å². The van der Waals surface area contributed by atoms with E-state index in [0.29, 0.717) is 11.1 Å². The molecule has 3 rings (SSSR count). The van der Waals surface area contributed by atoms with Crippen molar-refractivity contribution in [2.24, 2.45) is 0 Å². The number of halogens is 1. The van der Waals surface area contributed by atoms with Gasteiger partial charge in [-0.05, 0) is 62.9 Å². The van der Waals surface area contributed by atoms with Gasteiger partial charge in [0.25, 0.3) is 0 Å². The summed E-state index contributed by atoms with van der Waals surface area (Å²) < 4.78 is 5.76. The van der Waals surface area contributed by atoms with E-state index in [1.165, 1.54) is 12.8 Å². The van der Waals surface area contributed by atoms with E-state index in [1.54, 1.807) is 0 Å². The number of rotatable bonds is 8. The third-order valence-electron chi connectivity index (χ3n) is 4.28. The average Bonchev–Trinajstić information content (AvgIpc) is 3.16. The molecule has 5 heteroatoms. The fourth-order valence-corrected chi connectivity index (χ4v) is 3.21. The minimum atomic E-state index is 0.127. The molecule has 1 aromatic rings. The van der Waals surface area contributed by atoms with Crippen LogP contribution in [0.5, 0.6) is 5.75 Å². The van der Waals surface area contributed by atoms with Crippen molar-refractivity contribution in [3.05, 3.63) is 28.8 Å². The molecule has 1 N–H and O–H groups in total. The molecule has 1 atom stereocenters. The van der Waals surface area contributed by atoms with Crippen molar-refractivity contribution in [1.82, 2.24) is 10.2 Å². The Balaban J connectivity index is 1.60. The van der Waals surface area contributed by atoms with Gasteiger partial charge in [-0.3, -0.25) is 4.79 Å². The highest BCUT2D eigenvalue weighted by atomic mass is 35.5. The molecule has 4 nitrogen and oxygen atoms in total. The number of carbonyl (C=O) groups excluding carboxylic acids is 1. The highest BCUT2D eigenvalue weighted by molar-refractivity contribution is 6.32. The Bertz CT molecular complexity index is 513. The smallest absolute Gasteiger partial charge is 0.207 e. The van der Waals surface area contributed by atoms with Crippen LogP contribution in [0, 0.1) is 0 Å². The van der Waals surface area contributed by atoms with Crippen molar-refractivity contribution in [3.8, 4) is 5.75 Å². The number of benzene rings is 1. The molecule has 22 heavy (non-hydrogen) atoms. The maximum absolute atomic E-state index is 10.9. The molecular formula is C17H23ClN2O2. The van der Waals surface area contributed by atoms with E-state index < -0.39 is 0 Å². The van der Waals surface area contributed by atoms with E-state index in [0.717, 1.165) is 56.6 Å².